The van der Waals surface area contributed by atoms with Crippen molar-refractivity contribution in [2.45, 2.75) is 26.0 Å². The lowest BCUT2D eigenvalue weighted by molar-refractivity contribution is 0.0471. The fourth-order valence-electron chi connectivity index (χ4n) is 3.69. The van der Waals surface area contributed by atoms with Crippen LogP contribution < -0.4 is 10.1 Å². The number of piperazine rings is 1. The van der Waals surface area contributed by atoms with Gasteiger partial charge >= 0.3 is 0 Å². The molecule has 5 heteroatoms. The molecule has 0 saturated carbocycles. The van der Waals surface area contributed by atoms with E-state index in [-0.39, 0.29) is 0 Å². The molecule has 3 rings (SSSR count). The zero-order chi connectivity index (χ0) is 20.3. The SMILES string of the molecule is CCN1CCN(CC(O)COc2cccc(CNCCc3ccccc3)c2)CC1. The van der Waals surface area contributed by atoms with Crippen molar-refractivity contribution in [1.29, 1.82) is 0 Å². The minimum Gasteiger partial charge on any atom is -0.491 e. The van der Waals surface area contributed by atoms with E-state index in [2.05, 4.69) is 58.4 Å². The van der Waals surface area contributed by atoms with E-state index in [0.717, 1.165) is 58.0 Å². The van der Waals surface area contributed by atoms with E-state index >= 15 is 0 Å². The fourth-order valence-corrected chi connectivity index (χ4v) is 3.69. The van der Waals surface area contributed by atoms with Crippen LogP contribution in [0.2, 0.25) is 0 Å². The summed E-state index contributed by atoms with van der Waals surface area (Å²) >= 11 is 0. The highest BCUT2D eigenvalue weighted by Gasteiger charge is 2.18. The van der Waals surface area contributed by atoms with Gasteiger partial charge in [0.1, 0.15) is 18.5 Å². The normalized spacial score (nSPS) is 16.6. The monoisotopic (exact) mass is 397 g/mol. The Kier molecular flexibility index (Phi) is 8.96. The average Bonchev–Trinajstić information content (AvgIpc) is 2.77. The molecule has 1 fully saturated rings. The van der Waals surface area contributed by atoms with Gasteiger partial charge in [-0.25, -0.2) is 0 Å². The van der Waals surface area contributed by atoms with Gasteiger partial charge in [0.2, 0.25) is 0 Å². The molecule has 0 radical (unpaired) electrons. The number of aliphatic hydroxyl groups excluding tert-OH is 1. The quantitative estimate of drug-likeness (QED) is 0.570. The summed E-state index contributed by atoms with van der Waals surface area (Å²) in [6.45, 7) is 10.3. The summed E-state index contributed by atoms with van der Waals surface area (Å²) in [4.78, 5) is 4.77. The molecule has 0 spiro atoms. The Bertz CT molecular complexity index is 702. The summed E-state index contributed by atoms with van der Waals surface area (Å²) in [5.74, 6) is 0.821. The van der Waals surface area contributed by atoms with Crippen molar-refractivity contribution in [3.63, 3.8) is 0 Å². The number of ether oxygens (including phenoxy) is 1. The van der Waals surface area contributed by atoms with Crippen LogP contribution in [0, 0.1) is 0 Å². The van der Waals surface area contributed by atoms with E-state index < -0.39 is 6.10 Å². The summed E-state index contributed by atoms with van der Waals surface area (Å²) in [5, 5.41) is 13.8. The molecule has 1 unspecified atom stereocenters. The van der Waals surface area contributed by atoms with Crippen molar-refractivity contribution in [3.8, 4) is 5.75 Å². The molecule has 1 heterocycles. The highest BCUT2D eigenvalue weighted by atomic mass is 16.5. The van der Waals surface area contributed by atoms with Crippen molar-refractivity contribution < 1.29 is 9.84 Å². The third-order valence-electron chi connectivity index (χ3n) is 5.48. The van der Waals surface area contributed by atoms with Crippen molar-refractivity contribution >= 4 is 0 Å². The first-order chi connectivity index (χ1) is 14.2. The number of aliphatic hydroxyl groups is 1. The Balaban J connectivity index is 1.34. The van der Waals surface area contributed by atoms with E-state index in [9.17, 15) is 5.11 Å². The summed E-state index contributed by atoms with van der Waals surface area (Å²) in [6, 6.07) is 18.7. The van der Waals surface area contributed by atoms with Crippen LogP contribution in [-0.4, -0.2) is 73.4 Å². The second kappa shape index (κ2) is 11.9. The van der Waals surface area contributed by atoms with Crippen LogP contribution in [0.25, 0.3) is 0 Å². The Morgan fingerprint density at radius 2 is 1.69 bits per heavy atom. The lowest BCUT2D eigenvalue weighted by atomic mass is 10.1. The lowest BCUT2D eigenvalue weighted by Crippen LogP contribution is -2.49. The Morgan fingerprint density at radius 3 is 2.45 bits per heavy atom. The summed E-state index contributed by atoms with van der Waals surface area (Å²) < 4.78 is 5.85. The van der Waals surface area contributed by atoms with Gasteiger partial charge in [-0.1, -0.05) is 49.4 Å². The topological polar surface area (TPSA) is 48.0 Å². The van der Waals surface area contributed by atoms with Gasteiger partial charge in [-0.15, -0.1) is 0 Å². The summed E-state index contributed by atoms with van der Waals surface area (Å²) in [6.07, 6.45) is 0.561. The molecule has 1 atom stereocenters. The molecule has 0 aromatic heterocycles. The van der Waals surface area contributed by atoms with Crippen molar-refractivity contribution in [1.82, 2.24) is 15.1 Å². The minimum atomic E-state index is -0.462. The van der Waals surface area contributed by atoms with Crippen LogP contribution in [0.1, 0.15) is 18.1 Å². The second-order valence-corrected chi connectivity index (χ2v) is 7.76. The molecule has 5 nitrogen and oxygen atoms in total. The molecule has 2 aromatic rings. The van der Waals surface area contributed by atoms with Gasteiger partial charge in [0, 0.05) is 39.3 Å². The average molecular weight is 398 g/mol. The molecule has 0 bridgehead atoms. The van der Waals surface area contributed by atoms with Crippen LogP contribution in [0.15, 0.2) is 54.6 Å². The Hall–Kier alpha value is -1.92. The van der Waals surface area contributed by atoms with E-state index in [0.29, 0.717) is 13.2 Å². The molecular weight excluding hydrogens is 362 g/mol. The highest BCUT2D eigenvalue weighted by Crippen LogP contribution is 2.14. The van der Waals surface area contributed by atoms with Crippen molar-refractivity contribution in [2.24, 2.45) is 0 Å². The van der Waals surface area contributed by atoms with Gasteiger partial charge in [0.25, 0.3) is 0 Å². The van der Waals surface area contributed by atoms with E-state index in [1.807, 2.05) is 18.2 Å². The van der Waals surface area contributed by atoms with Gasteiger partial charge < -0.3 is 20.1 Å². The molecule has 158 valence electrons. The number of nitrogens with zero attached hydrogens (tertiary/aromatic N) is 2. The fraction of sp³-hybridized carbons (Fsp3) is 0.500. The van der Waals surface area contributed by atoms with E-state index in [1.54, 1.807) is 0 Å². The van der Waals surface area contributed by atoms with Gasteiger partial charge in [-0.3, -0.25) is 4.90 Å². The lowest BCUT2D eigenvalue weighted by Gasteiger charge is -2.34. The van der Waals surface area contributed by atoms with Crippen LogP contribution in [0.3, 0.4) is 0 Å². The standard InChI is InChI=1S/C24H35N3O2/c1-2-26-13-15-27(16-14-26)19-23(28)20-29-24-10-6-9-22(17-24)18-25-12-11-21-7-4-3-5-8-21/h3-10,17,23,25,28H,2,11-16,18-20H2,1H3. The highest BCUT2D eigenvalue weighted by molar-refractivity contribution is 5.28. The zero-order valence-electron chi connectivity index (χ0n) is 17.6. The Morgan fingerprint density at radius 1 is 0.966 bits per heavy atom. The maximum Gasteiger partial charge on any atom is 0.119 e. The minimum absolute atomic E-state index is 0.332. The molecule has 29 heavy (non-hydrogen) atoms. The molecule has 2 N–H and O–H groups in total. The largest absolute Gasteiger partial charge is 0.491 e. The number of hydrogen-bond donors (Lipinski definition) is 2. The first-order valence-electron chi connectivity index (χ1n) is 10.8. The Labute approximate surface area is 175 Å². The predicted molar refractivity (Wildman–Crippen MR) is 118 cm³/mol. The third-order valence-corrected chi connectivity index (χ3v) is 5.48. The third kappa shape index (κ3) is 7.78. The number of β-amino-alcohol motifs (C(OH)–C–C–N with tert-alkyl or cyclic N) is 1. The molecule has 0 amide bonds. The maximum absolute atomic E-state index is 10.3. The summed E-state index contributed by atoms with van der Waals surface area (Å²) in [5.41, 5.74) is 2.54. The molecule has 1 aliphatic heterocycles. The second-order valence-electron chi connectivity index (χ2n) is 7.76. The maximum atomic E-state index is 10.3. The van der Waals surface area contributed by atoms with Crippen LogP contribution in [-0.2, 0) is 13.0 Å². The number of nitrogens with one attached hydrogen (secondary N) is 1. The smallest absolute Gasteiger partial charge is 0.119 e. The number of rotatable bonds is 11. The first-order valence-corrected chi connectivity index (χ1v) is 10.8. The zero-order valence-corrected chi connectivity index (χ0v) is 17.6. The van der Waals surface area contributed by atoms with Crippen LogP contribution >= 0.6 is 0 Å². The van der Waals surface area contributed by atoms with E-state index in [1.165, 1.54) is 11.1 Å². The van der Waals surface area contributed by atoms with Gasteiger partial charge in [-0.05, 0) is 42.8 Å². The van der Waals surface area contributed by atoms with Crippen molar-refractivity contribution in [2.75, 3.05) is 52.4 Å². The van der Waals surface area contributed by atoms with Gasteiger partial charge in [0.15, 0.2) is 0 Å². The number of benzene rings is 2. The number of hydrogen-bond acceptors (Lipinski definition) is 5. The van der Waals surface area contributed by atoms with E-state index in [4.69, 9.17) is 4.74 Å². The summed E-state index contributed by atoms with van der Waals surface area (Å²) in [7, 11) is 0. The van der Waals surface area contributed by atoms with Crippen molar-refractivity contribution in [3.05, 3.63) is 65.7 Å². The molecule has 2 aromatic carbocycles. The molecule has 1 aliphatic rings. The van der Waals surface area contributed by atoms with Crippen LogP contribution in [0.4, 0.5) is 0 Å². The van der Waals surface area contributed by atoms with Gasteiger partial charge in [0.05, 0.1) is 0 Å². The molecule has 0 aliphatic carbocycles. The number of likely N-dealkylation sites (N-methyl/N-ethyl adjacent to an activating group) is 1. The molecular formula is C24H35N3O2. The van der Waals surface area contributed by atoms with Gasteiger partial charge in [-0.2, -0.15) is 0 Å². The predicted octanol–water partition coefficient (Wildman–Crippen LogP) is 2.40. The first kappa shape index (κ1) is 21.8. The van der Waals surface area contributed by atoms with Crippen LogP contribution in [0.5, 0.6) is 5.75 Å². The molecule has 1 saturated heterocycles.